The molecule has 1 aliphatic carbocycles. The molecule has 1 aliphatic rings. The van der Waals surface area contributed by atoms with Gasteiger partial charge in [-0.25, -0.2) is 0 Å². The summed E-state index contributed by atoms with van der Waals surface area (Å²) in [5, 5.41) is 2.84. The summed E-state index contributed by atoms with van der Waals surface area (Å²) in [6.07, 6.45) is 4.14. The van der Waals surface area contributed by atoms with Crippen molar-refractivity contribution in [1.82, 2.24) is 5.32 Å². The summed E-state index contributed by atoms with van der Waals surface area (Å²) in [7, 11) is 0. The highest BCUT2D eigenvalue weighted by Gasteiger charge is 2.39. The number of rotatable bonds is 4. The molecule has 0 atom stereocenters. The average molecular weight is 312 g/mol. The van der Waals surface area contributed by atoms with Gasteiger partial charge in [-0.1, -0.05) is 31.4 Å². The fourth-order valence-corrected chi connectivity index (χ4v) is 2.67. The zero-order chi connectivity index (χ0) is 14.6. The van der Waals surface area contributed by atoms with Crippen molar-refractivity contribution in [2.75, 3.05) is 0 Å². The maximum atomic E-state index is 12.3. The third-order valence-corrected chi connectivity index (χ3v) is 3.98. The van der Waals surface area contributed by atoms with Crippen molar-refractivity contribution in [2.45, 2.75) is 44.2 Å². The van der Waals surface area contributed by atoms with E-state index in [2.05, 4.69) is 5.32 Å². The molecule has 1 aromatic rings. The lowest BCUT2D eigenvalue weighted by Crippen LogP contribution is -2.58. The van der Waals surface area contributed by atoms with Crippen LogP contribution in [-0.2, 0) is 11.3 Å². The monoisotopic (exact) mass is 311 g/mol. The Morgan fingerprint density at radius 3 is 2.14 bits per heavy atom. The van der Waals surface area contributed by atoms with E-state index in [1.54, 1.807) is 12.1 Å². The van der Waals surface area contributed by atoms with Crippen LogP contribution in [0.25, 0.3) is 0 Å². The molecule has 1 aromatic carbocycles. The molecule has 1 fully saturated rings. The number of hydrogen-bond donors (Lipinski definition) is 3. The minimum absolute atomic E-state index is 0. The predicted molar refractivity (Wildman–Crippen MR) is 84.1 cm³/mol. The van der Waals surface area contributed by atoms with Crippen molar-refractivity contribution < 1.29 is 9.59 Å². The lowest BCUT2D eigenvalue weighted by Gasteiger charge is -2.35. The van der Waals surface area contributed by atoms with Gasteiger partial charge in [0.25, 0.3) is 5.91 Å². The highest BCUT2D eigenvalue weighted by molar-refractivity contribution is 5.99. The van der Waals surface area contributed by atoms with Crippen LogP contribution in [0, 0.1) is 0 Å². The molecule has 5 nitrogen and oxygen atoms in total. The Bertz CT molecular complexity index is 496. The lowest BCUT2D eigenvalue weighted by molar-refractivity contribution is -0.125. The van der Waals surface area contributed by atoms with E-state index in [1.165, 1.54) is 0 Å². The summed E-state index contributed by atoms with van der Waals surface area (Å²) in [5.74, 6) is -0.696. The van der Waals surface area contributed by atoms with Crippen LogP contribution in [0.4, 0.5) is 0 Å². The first-order valence-electron chi connectivity index (χ1n) is 6.99. The average Bonchev–Trinajstić information content (AvgIpc) is 2.48. The lowest BCUT2D eigenvalue weighted by atomic mass is 9.81. The molecule has 5 N–H and O–H groups in total. The van der Waals surface area contributed by atoms with E-state index < -0.39 is 11.4 Å². The number of halogens is 1. The number of hydrogen-bond acceptors (Lipinski definition) is 3. The van der Waals surface area contributed by atoms with Gasteiger partial charge in [0.2, 0.25) is 5.91 Å². The van der Waals surface area contributed by atoms with Gasteiger partial charge in [0.1, 0.15) is 5.54 Å². The normalized spacial score (nSPS) is 16.6. The van der Waals surface area contributed by atoms with Crippen molar-refractivity contribution in [3.8, 4) is 0 Å². The van der Waals surface area contributed by atoms with Gasteiger partial charge < -0.3 is 16.8 Å². The standard InChI is InChI=1S/C15H21N3O2.ClH/c16-10-11-4-6-12(7-5-11)13(19)18-15(14(17)20)8-2-1-3-9-15;/h4-7H,1-3,8-10,16H2,(H2,17,20)(H,18,19);1H. The molecule has 6 heteroatoms. The highest BCUT2D eigenvalue weighted by Crippen LogP contribution is 2.28. The third kappa shape index (κ3) is 3.95. The van der Waals surface area contributed by atoms with E-state index >= 15 is 0 Å². The zero-order valence-electron chi connectivity index (χ0n) is 11.9. The zero-order valence-corrected chi connectivity index (χ0v) is 12.7. The van der Waals surface area contributed by atoms with Crippen LogP contribution in [0.3, 0.4) is 0 Å². The maximum absolute atomic E-state index is 12.3. The van der Waals surface area contributed by atoms with Gasteiger partial charge >= 0.3 is 0 Å². The minimum Gasteiger partial charge on any atom is -0.368 e. The second-order valence-electron chi connectivity index (χ2n) is 5.36. The van der Waals surface area contributed by atoms with Gasteiger partial charge in [-0.3, -0.25) is 9.59 Å². The summed E-state index contributed by atoms with van der Waals surface area (Å²) >= 11 is 0. The van der Waals surface area contributed by atoms with Crippen molar-refractivity contribution in [3.63, 3.8) is 0 Å². The van der Waals surface area contributed by atoms with Gasteiger partial charge in [-0.2, -0.15) is 0 Å². The van der Waals surface area contributed by atoms with Crippen molar-refractivity contribution in [2.24, 2.45) is 11.5 Å². The second-order valence-corrected chi connectivity index (χ2v) is 5.36. The fraction of sp³-hybridized carbons (Fsp3) is 0.467. The van der Waals surface area contributed by atoms with Crippen LogP contribution < -0.4 is 16.8 Å². The van der Waals surface area contributed by atoms with Gasteiger partial charge in [-0.15, -0.1) is 12.4 Å². The maximum Gasteiger partial charge on any atom is 0.252 e. The van der Waals surface area contributed by atoms with E-state index in [-0.39, 0.29) is 18.3 Å². The van der Waals surface area contributed by atoms with E-state index in [0.29, 0.717) is 24.9 Å². The summed E-state index contributed by atoms with van der Waals surface area (Å²) < 4.78 is 0. The fourth-order valence-electron chi connectivity index (χ4n) is 2.67. The number of primary amides is 1. The number of nitrogens with two attached hydrogens (primary N) is 2. The number of carbonyl (C=O) groups excluding carboxylic acids is 2. The number of nitrogens with one attached hydrogen (secondary N) is 1. The van der Waals surface area contributed by atoms with Crippen LogP contribution in [0.15, 0.2) is 24.3 Å². The van der Waals surface area contributed by atoms with Crippen molar-refractivity contribution in [3.05, 3.63) is 35.4 Å². The first-order chi connectivity index (χ1) is 9.57. The molecule has 0 aromatic heterocycles. The number of benzene rings is 1. The smallest absolute Gasteiger partial charge is 0.252 e. The number of amides is 2. The van der Waals surface area contributed by atoms with E-state index in [0.717, 1.165) is 24.8 Å². The van der Waals surface area contributed by atoms with Crippen LogP contribution in [0.5, 0.6) is 0 Å². The van der Waals surface area contributed by atoms with E-state index in [4.69, 9.17) is 11.5 Å². The quantitative estimate of drug-likeness (QED) is 0.785. The van der Waals surface area contributed by atoms with Crippen LogP contribution in [0.2, 0.25) is 0 Å². The van der Waals surface area contributed by atoms with Gasteiger partial charge in [0.15, 0.2) is 0 Å². The summed E-state index contributed by atoms with van der Waals surface area (Å²) in [5.41, 5.74) is 11.6. The van der Waals surface area contributed by atoms with Crippen molar-refractivity contribution in [1.29, 1.82) is 0 Å². The number of carbonyl (C=O) groups is 2. The molecule has 0 unspecified atom stereocenters. The molecule has 0 heterocycles. The molecule has 1 saturated carbocycles. The largest absolute Gasteiger partial charge is 0.368 e. The Morgan fingerprint density at radius 1 is 1.10 bits per heavy atom. The molecule has 0 saturated heterocycles. The Labute approximate surface area is 130 Å². The van der Waals surface area contributed by atoms with Crippen LogP contribution in [-0.4, -0.2) is 17.4 Å². The van der Waals surface area contributed by atoms with Crippen LogP contribution >= 0.6 is 12.4 Å². The molecule has 2 amide bonds. The molecule has 2 rings (SSSR count). The molecule has 0 aliphatic heterocycles. The summed E-state index contributed by atoms with van der Waals surface area (Å²) in [4.78, 5) is 24.0. The molecular formula is C15H22ClN3O2. The predicted octanol–water partition coefficient (Wildman–Crippen LogP) is 1.49. The molecule has 0 spiro atoms. The second kappa shape index (κ2) is 7.43. The molecule has 0 bridgehead atoms. The van der Waals surface area contributed by atoms with E-state index in [9.17, 15) is 9.59 Å². The molecule has 116 valence electrons. The first kappa shape index (κ1) is 17.5. The third-order valence-electron chi connectivity index (χ3n) is 3.98. The SMILES string of the molecule is Cl.NCc1ccc(C(=O)NC2(C(N)=O)CCCCC2)cc1. The van der Waals surface area contributed by atoms with Crippen molar-refractivity contribution >= 4 is 24.2 Å². The Kier molecular flexibility index (Phi) is 6.18. The Balaban J connectivity index is 0.00000220. The molecule has 21 heavy (non-hydrogen) atoms. The molecule has 0 radical (unpaired) electrons. The molecular weight excluding hydrogens is 290 g/mol. The van der Waals surface area contributed by atoms with E-state index in [1.807, 2.05) is 12.1 Å². The van der Waals surface area contributed by atoms with Gasteiger partial charge in [-0.05, 0) is 30.5 Å². The summed E-state index contributed by atoms with van der Waals surface area (Å²) in [6, 6.07) is 7.06. The highest BCUT2D eigenvalue weighted by atomic mass is 35.5. The Hall–Kier alpha value is -1.59. The van der Waals surface area contributed by atoms with Gasteiger partial charge in [0, 0.05) is 12.1 Å². The topological polar surface area (TPSA) is 98.2 Å². The van der Waals surface area contributed by atoms with Gasteiger partial charge in [0.05, 0.1) is 0 Å². The first-order valence-corrected chi connectivity index (χ1v) is 6.99. The minimum atomic E-state index is -0.887. The summed E-state index contributed by atoms with van der Waals surface area (Å²) in [6.45, 7) is 0.438. The van der Waals surface area contributed by atoms with Crippen LogP contribution in [0.1, 0.15) is 48.0 Å². The Morgan fingerprint density at radius 2 is 1.67 bits per heavy atom.